The van der Waals surface area contributed by atoms with Crippen molar-refractivity contribution in [2.45, 2.75) is 44.9 Å². The number of hydrogen-bond acceptors (Lipinski definition) is 5. The van der Waals surface area contributed by atoms with E-state index in [0.29, 0.717) is 6.54 Å². The molecule has 0 aliphatic carbocycles. The largest absolute Gasteiger partial charge is 0.307 e. The number of thiazole rings is 1. The molecular formula is C12H22N2O2S2. The van der Waals surface area contributed by atoms with E-state index in [9.17, 15) is 8.42 Å². The monoisotopic (exact) mass is 290 g/mol. The molecular weight excluding hydrogens is 268 g/mol. The van der Waals surface area contributed by atoms with Gasteiger partial charge in [-0.05, 0) is 27.2 Å². The van der Waals surface area contributed by atoms with Crippen LogP contribution in [0.25, 0.3) is 0 Å². The number of sulfone groups is 1. The van der Waals surface area contributed by atoms with Gasteiger partial charge < -0.3 is 5.32 Å². The van der Waals surface area contributed by atoms with E-state index in [0.717, 1.165) is 11.4 Å². The fourth-order valence-corrected chi connectivity index (χ4v) is 3.28. The fraction of sp³-hybridized carbons (Fsp3) is 0.750. The summed E-state index contributed by atoms with van der Waals surface area (Å²) in [6, 6.07) is 0.153. The highest BCUT2D eigenvalue weighted by atomic mass is 32.2. The Balaban J connectivity index is 2.51. The van der Waals surface area contributed by atoms with Crippen molar-refractivity contribution in [2.24, 2.45) is 0 Å². The quantitative estimate of drug-likeness (QED) is 0.874. The number of nitrogens with one attached hydrogen (secondary N) is 1. The Kier molecular flexibility index (Phi) is 5.31. The van der Waals surface area contributed by atoms with E-state index in [2.05, 4.69) is 17.2 Å². The maximum Gasteiger partial charge on any atom is 0.156 e. The molecule has 0 saturated heterocycles. The highest BCUT2D eigenvalue weighted by Gasteiger charge is 2.28. The van der Waals surface area contributed by atoms with E-state index < -0.39 is 14.6 Å². The number of hydrogen-bond donors (Lipinski definition) is 1. The van der Waals surface area contributed by atoms with Gasteiger partial charge in [0.1, 0.15) is 5.01 Å². The molecule has 0 aliphatic rings. The maximum absolute atomic E-state index is 12.0. The van der Waals surface area contributed by atoms with Crippen molar-refractivity contribution in [1.29, 1.82) is 0 Å². The predicted molar refractivity (Wildman–Crippen MR) is 76.7 cm³/mol. The number of nitrogens with zero attached hydrogens (tertiary/aromatic N) is 1. The Labute approximate surface area is 114 Å². The minimum Gasteiger partial charge on any atom is -0.307 e. The number of aromatic nitrogens is 1. The van der Waals surface area contributed by atoms with Gasteiger partial charge in [0.05, 0.1) is 16.5 Å². The first-order chi connectivity index (χ1) is 8.28. The van der Waals surface area contributed by atoms with Crippen LogP contribution in [0, 0.1) is 0 Å². The van der Waals surface area contributed by atoms with Crippen molar-refractivity contribution >= 4 is 21.2 Å². The lowest BCUT2D eigenvalue weighted by Gasteiger charge is -2.20. The van der Waals surface area contributed by atoms with E-state index >= 15 is 0 Å². The minimum absolute atomic E-state index is 0.153. The Morgan fingerprint density at radius 3 is 2.56 bits per heavy atom. The zero-order valence-electron chi connectivity index (χ0n) is 11.4. The molecule has 1 N–H and O–H groups in total. The second kappa shape index (κ2) is 6.12. The Hall–Kier alpha value is -0.460. The third-order valence-corrected chi connectivity index (χ3v) is 6.35. The van der Waals surface area contributed by atoms with Crippen LogP contribution in [-0.4, -0.2) is 30.4 Å². The van der Waals surface area contributed by atoms with Crippen LogP contribution in [0.4, 0.5) is 0 Å². The summed E-state index contributed by atoms with van der Waals surface area (Å²) in [5.74, 6) is 0.165. The summed E-state index contributed by atoms with van der Waals surface area (Å²) < 4.78 is 23.2. The van der Waals surface area contributed by atoms with Crippen molar-refractivity contribution in [3.05, 3.63) is 16.6 Å². The minimum atomic E-state index is -3.05. The van der Waals surface area contributed by atoms with Crippen molar-refractivity contribution < 1.29 is 8.42 Å². The van der Waals surface area contributed by atoms with Gasteiger partial charge >= 0.3 is 0 Å². The van der Waals surface area contributed by atoms with Crippen LogP contribution in [0.2, 0.25) is 0 Å². The lowest BCUT2D eigenvalue weighted by Crippen LogP contribution is -2.35. The molecule has 0 radical (unpaired) electrons. The van der Waals surface area contributed by atoms with E-state index in [1.54, 1.807) is 38.3 Å². The summed E-state index contributed by atoms with van der Waals surface area (Å²) in [6.07, 6.45) is 2.68. The average Bonchev–Trinajstić information content (AvgIpc) is 2.76. The average molecular weight is 290 g/mol. The fourth-order valence-electron chi connectivity index (χ4n) is 1.49. The predicted octanol–water partition coefficient (Wildman–Crippen LogP) is 2.40. The summed E-state index contributed by atoms with van der Waals surface area (Å²) in [5.41, 5.74) is 0. The van der Waals surface area contributed by atoms with Crippen molar-refractivity contribution in [3.63, 3.8) is 0 Å². The first-order valence-corrected chi connectivity index (χ1v) is 8.66. The van der Waals surface area contributed by atoms with Gasteiger partial charge in [-0.25, -0.2) is 13.4 Å². The van der Waals surface area contributed by atoms with Crippen LogP contribution >= 0.6 is 11.3 Å². The normalized spacial score (nSPS) is 14.7. The van der Waals surface area contributed by atoms with Gasteiger partial charge in [-0.15, -0.1) is 11.3 Å². The molecule has 0 aliphatic heterocycles. The van der Waals surface area contributed by atoms with Crippen LogP contribution < -0.4 is 5.32 Å². The summed E-state index contributed by atoms with van der Waals surface area (Å²) >= 11 is 1.60. The number of rotatable bonds is 6. The van der Waals surface area contributed by atoms with Gasteiger partial charge in [-0.1, -0.05) is 6.92 Å². The Morgan fingerprint density at radius 2 is 2.11 bits per heavy atom. The first-order valence-electron chi connectivity index (χ1n) is 6.13. The van der Waals surface area contributed by atoms with Gasteiger partial charge in [0, 0.05) is 18.1 Å². The van der Waals surface area contributed by atoms with Gasteiger partial charge in [0.15, 0.2) is 9.84 Å². The highest BCUT2D eigenvalue weighted by Crippen LogP contribution is 2.19. The summed E-state index contributed by atoms with van der Waals surface area (Å²) in [5, 5.41) is 6.22. The molecule has 18 heavy (non-hydrogen) atoms. The van der Waals surface area contributed by atoms with E-state index in [1.165, 1.54) is 0 Å². The van der Waals surface area contributed by atoms with E-state index in [4.69, 9.17) is 0 Å². The smallest absolute Gasteiger partial charge is 0.156 e. The molecule has 104 valence electrons. The van der Waals surface area contributed by atoms with Crippen LogP contribution in [0.1, 0.15) is 45.2 Å². The van der Waals surface area contributed by atoms with E-state index in [1.807, 2.05) is 5.38 Å². The van der Waals surface area contributed by atoms with Gasteiger partial charge in [0.2, 0.25) is 0 Å². The van der Waals surface area contributed by atoms with Gasteiger partial charge in [0.25, 0.3) is 0 Å². The molecule has 1 unspecified atom stereocenters. The van der Waals surface area contributed by atoms with Crippen molar-refractivity contribution in [1.82, 2.24) is 10.3 Å². The molecule has 1 aromatic rings. The molecule has 0 spiro atoms. The summed E-state index contributed by atoms with van der Waals surface area (Å²) in [7, 11) is -3.05. The van der Waals surface area contributed by atoms with Crippen LogP contribution in [0.15, 0.2) is 11.6 Å². The third kappa shape index (κ3) is 4.03. The second-order valence-corrected chi connectivity index (χ2v) is 9.01. The topological polar surface area (TPSA) is 59.1 Å². The first kappa shape index (κ1) is 15.6. The van der Waals surface area contributed by atoms with Crippen LogP contribution in [0.5, 0.6) is 0 Å². The standard InChI is InChI=1S/C12H22N2O2S2/c1-5-10(11-14-6-8-17-11)13-7-9-18(15,16)12(2,3)4/h6,8,10,13H,5,7,9H2,1-4H3. The highest BCUT2D eigenvalue weighted by molar-refractivity contribution is 7.92. The molecule has 1 aromatic heterocycles. The van der Waals surface area contributed by atoms with Crippen molar-refractivity contribution in [2.75, 3.05) is 12.3 Å². The lowest BCUT2D eigenvalue weighted by molar-refractivity contribution is 0.521. The summed E-state index contributed by atoms with van der Waals surface area (Å²) in [4.78, 5) is 4.26. The molecule has 0 amide bonds. The van der Waals surface area contributed by atoms with Gasteiger partial charge in [-0.3, -0.25) is 0 Å². The van der Waals surface area contributed by atoms with Crippen LogP contribution in [-0.2, 0) is 9.84 Å². The third-order valence-electron chi connectivity index (χ3n) is 2.85. The molecule has 1 heterocycles. The molecule has 1 rings (SSSR count). The molecule has 0 aromatic carbocycles. The molecule has 4 nitrogen and oxygen atoms in total. The molecule has 6 heteroatoms. The van der Waals surface area contributed by atoms with Crippen molar-refractivity contribution in [3.8, 4) is 0 Å². The second-order valence-electron chi connectivity index (χ2n) is 5.22. The zero-order valence-corrected chi connectivity index (χ0v) is 13.1. The summed E-state index contributed by atoms with van der Waals surface area (Å²) in [6.45, 7) is 7.75. The Bertz CT molecular complexity index is 447. The molecule has 1 atom stereocenters. The molecule has 0 fully saturated rings. The molecule has 0 bridgehead atoms. The Morgan fingerprint density at radius 1 is 1.44 bits per heavy atom. The molecule has 0 saturated carbocycles. The SMILES string of the molecule is CCC(NCCS(=O)(=O)C(C)(C)C)c1nccs1. The maximum atomic E-state index is 12.0. The lowest BCUT2D eigenvalue weighted by atomic mass is 10.2. The van der Waals surface area contributed by atoms with Gasteiger partial charge in [-0.2, -0.15) is 0 Å². The van der Waals surface area contributed by atoms with E-state index in [-0.39, 0.29) is 11.8 Å². The van der Waals surface area contributed by atoms with Crippen LogP contribution in [0.3, 0.4) is 0 Å². The zero-order chi connectivity index (χ0) is 13.8.